The largest absolute Gasteiger partial charge is 0.468 e. The molecule has 0 bridgehead atoms. The zero-order chi connectivity index (χ0) is 8.36. The molecule has 0 aliphatic carbocycles. The van der Waals surface area contributed by atoms with Gasteiger partial charge in [-0.1, -0.05) is 13.3 Å². The minimum absolute atomic E-state index is 0.492. The van der Waals surface area contributed by atoms with Gasteiger partial charge in [0.25, 0.3) is 6.47 Å². The number of carbonyl (C=O) groups excluding carboxylic acids is 1. The molecule has 0 aromatic carbocycles. The average Bonchev–Trinajstić information content (AvgIpc) is 2.03. The second kappa shape index (κ2) is 9.43. The molecule has 0 saturated heterocycles. The minimum Gasteiger partial charge on any atom is -0.468 e. The lowest BCUT2D eigenvalue weighted by atomic mass is 10.3. The van der Waals surface area contributed by atoms with Crippen molar-refractivity contribution in [3.63, 3.8) is 0 Å². The summed E-state index contributed by atoms with van der Waals surface area (Å²) in [5.41, 5.74) is 0. The van der Waals surface area contributed by atoms with Crippen LogP contribution in [0.25, 0.3) is 0 Å². The van der Waals surface area contributed by atoms with Crippen LogP contribution in [0.15, 0.2) is 0 Å². The molecule has 11 heavy (non-hydrogen) atoms. The third-order valence-electron chi connectivity index (χ3n) is 1.39. The third kappa shape index (κ3) is 9.43. The molecule has 0 radical (unpaired) electrons. The predicted molar refractivity (Wildman–Crippen MR) is 44.4 cm³/mol. The minimum atomic E-state index is 0.492. The van der Waals surface area contributed by atoms with Crippen molar-refractivity contribution >= 4 is 6.47 Å². The van der Waals surface area contributed by atoms with Gasteiger partial charge in [-0.15, -0.1) is 0 Å². The standard InChI is InChI=1S/C8H17NO2/c1-2-3-5-9-6-4-7-11-8-10/h8-9H,2-7H2,1H3. The average molecular weight is 159 g/mol. The van der Waals surface area contributed by atoms with Gasteiger partial charge in [0.2, 0.25) is 0 Å². The summed E-state index contributed by atoms with van der Waals surface area (Å²) in [6.45, 7) is 5.19. The van der Waals surface area contributed by atoms with Gasteiger partial charge >= 0.3 is 0 Å². The number of ether oxygens (including phenoxy) is 1. The van der Waals surface area contributed by atoms with Crippen LogP contribution in [0, 0.1) is 0 Å². The number of unbranched alkanes of at least 4 members (excludes halogenated alkanes) is 1. The molecular formula is C8H17NO2. The highest BCUT2D eigenvalue weighted by Gasteiger charge is 1.86. The van der Waals surface area contributed by atoms with Crippen molar-refractivity contribution in [2.75, 3.05) is 19.7 Å². The number of nitrogens with one attached hydrogen (secondary N) is 1. The summed E-state index contributed by atoms with van der Waals surface area (Å²) in [6, 6.07) is 0. The zero-order valence-electron chi connectivity index (χ0n) is 7.14. The first-order valence-electron chi connectivity index (χ1n) is 4.17. The van der Waals surface area contributed by atoms with Gasteiger partial charge in [-0.2, -0.15) is 0 Å². The molecule has 0 fully saturated rings. The fourth-order valence-electron chi connectivity index (χ4n) is 0.755. The van der Waals surface area contributed by atoms with Gasteiger partial charge < -0.3 is 10.1 Å². The Balaban J connectivity index is 2.74. The molecule has 0 aromatic rings. The van der Waals surface area contributed by atoms with Crippen molar-refractivity contribution in [3.05, 3.63) is 0 Å². The topological polar surface area (TPSA) is 38.3 Å². The van der Waals surface area contributed by atoms with Gasteiger partial charge in [0.1, 0.15) is 0 Å². The van der Waals surface area contributed by atoms with E-state index in [1.54, 1.807) is 0 Å². The van der Waals surface area contributed by atoms with Gasteiger partial charge in [0.05, 0.1) is 6.61 Å². The van der Waals surface area contributed by atoms with Gasteiger partial charge in [-0.25, -0.2) is 0 Å². The van der Waals surface area contributed by atoms with Crippen LogP contribution in [0.3, 0.4) is 0 Å². The van der Waals surface area contributed by atoms with Crippen LogP contribution >= 0.6 is 0 Å². The van der Waals surface area contributed by atoms with Crippen molar-refractivity contribution in [1.29, 1.82) is 0 Å². The van der Waals surface area contributed by atoms with E-state index >= 15 is 0 Å². The van der Waals surface area contributed by atoms with E-state index in [9.17, 15) is 4.79 Å². The summed E-state index contributed by atoms with van der Waals surface area (Å²) in [7, 11) is 0. The first-order chi connectivity index (χ1) is 5.41. The quantitative estimate of drug-likeness (QED) is 0.423. The van der Waals surface area contributed by atoms with Crippen molar-refractivity contribution in [2.45, 2.75) is 26.2 Å². The van der Waals surface area contributed by atoms with Crippen LogP contribution in [-0.4, -0.2) is 26.2 Å². The number of hydrogen-bond donors (Lipinski definition) is 1. The van der Waals surface area contributed by atoms with Crippen LogP contribution in [0.2, 0.25) is 0 Å². The summed E-state index contributed by atoms with van der Waals surface area (Å²) < 4.78 is 4.52. The Kier molecular flexibility index (Phi) is 8.94. The summed E-state index contributed by atoms with van der Waals surface area (Å²) in [6.07, 6.45) is 3.34. The van der Waals surface area contributed by atoms with Gasteiger partial charge in [0.15, 0.2) is 0 Å². The molecule has 0 amide bonds. The van der Waals surface area contributed by atoms with Gasteiger partial charge in [-0.05, 0) is 25.9 Å². The lowest BCUT2D eigenvalue weighted by molar-refractivity contribution is -0.128. The van der Waals surface area contributed by atoms with E-state index in [-0.39, 0.29) is 0 Å². The fraction of sp³-hybridized carbons (Fsp3) is 0.875. The summed E-state index contributed by atoms with van der Waals surface area (Å²) in [5.74, 6) is 0. The highest BCUT2D eigenvalue weighted by molar-refractivity contribution is 5.36. The second-order valence-corrected chi connectivity index (χ2v) is 2.42. The van der Waals surface area contributed by atoms with Crippen LogP contribution in [-0.2, 0) is 9.53 Å². The molecule has 0 aliphatic rings. The number of rotatable bonds is 8. The monoisotopic (exact) mass is 159 g/mol. The molecule has 0 spiro atoms. The number of hydrogen-bond acceptors (Lipinski definition) is 3. The Morgan fingerprint density at radius 2 is 2.09 bits per heavy atom. The molecule has 0 unspecified atom stereocenters. The molecule has 3 heteroatoms. The van der Waals surface area contributed by atoms with E-state index in [2.05, 4.69) is 17.0 Å². The molecule has 0 rings (SSSR count). The normalized spacial score (nSPS) is 9.55. The SMILES string of the molecule is CCCCNCCCOC=O. The van der Waals surface area contributed by atoms with Crippen molar-refractivity contribution < 1.29 is 9.53 Å². The van der Waals surface area contributed by atoms with E-state index in [1.807, 2.05) is 0 Å². The second-order valence-electron chi connectivity index (χ2n) is 2.42. The maximum Gasteiger partial charge on any atom is 0.293 e. The first-order valence-corrected chi connectivity index (χ1v) is 4.17. The number of carbonyl (C=O) groups is 1. The smallest absolute Gasteiger partial charge is 0.293 e. The summed E-state index contributed by atoms with van der Waals surface area (Å²) in [4.78, 5) is 9.70. The van der Waals surface area contributed by atoms with Crippen LogP contribution in [0.4, 0.5) is 0 Å². The maximum absolute atomic E-state index is 9.70. The molecule has 0 aliphatic heterocycles. The molecule has 3 nitrogen and oxygen atoms in total. The Hall–Kier alpha value is -0.570. The molecule has 0 aromatic heterocycles. The summed E-state index contributed by atoms with van der Waals surface area (Å²) in [5, 5.41) is 3.25. The zero-order valence-corrected chi connectivity index (χ0v) is 7.14. The van der Waals surface area contributed by atoms with Crippen LogP contribution in [0.5, 0.6) is 0 Å². The third-order valence-corrected chi connectivity index (χ3v) is 1.39. The Bertz CT molecular complexity index is 86.2. The van der Waals surface area contributed by atoms with Crippen molar-refractivity contribution in [1.82, 2.24) is 5.32 Å². The molecule has 66 valence electrons. The predicted octanol–water partition coefficient (Wildman–Crippen LogP) is 0.939. The Labute approximate surface area is 68.1 Å². The highest BCUT2D eigenvalue weighted by atomic mass is 16.5. The van der Waals surface area contributed by atoms with Crippen molar-refractivity contribution in [2.24, 2.45) is 0 Å². The first kappa shape index (κ1) is 10.4. The molecule has 0 atom stereocenters. The molecular weight excluding hydrogens is 142 g/mol. The van der Waals surface area contributed by atoms with Gasteiger partial charge in [0, 0.05) is 0 Å². The lowest BCUT2D eigenvalue weighted by Crippen LogP contribution is -2.17. The molecule has 0 saturated carbocycles. The van der Waals surface area contributed by atoms with Crippen LogP contribution < -0.4 is 5.32 Å². The van der Waals surface area contributed by atoms with Gasteiger partial charge in [-0.3, -0.25) is 4.79 Å². The Morgan fingerprint density at radius 3 is 2.73 bits per heavy atom. The molecule has 1 N–H and O–H groups in total. The summed E-state index contributed by atoms with van der Waals surface area (Å²) >= 11 is 0. The highest BCUT2D eigenvalue weighted by Crippen LogP contribution is 1.83. The fourth-order valence-corrected chi connectivity index (χ4v) is 0.755. The van der Waals surface area contributed by atoms with E-state index in [1.165, 1.54) is 12.8 Å². The van der Waals surface area contributed by atoms with E-state index in [4.69, 9.17) is 0 Å². The van der Waals surface area contributed by atoms with Crippen LogP contribution in [0.1, 0.15) is 26.2 Å². The maximum atomic E-state index is 9.70. The van der Waals surface area contributed by atoms with Crippen molar-refractivity contribution in [3.8, 4) is 0 Å². The van der Waals surface area contributed by atoms with E-state index in [0.717, 1.165) is 19.5 Å². The van der Waals surface area contributed by atoms with E-state index < -0.39 is 0 Å². The lowest BCUT2D eigenvalue weighted by Gasteiger charge is -2.01. The van der Waals surface area contributed by atoms with E-state index in [0.29, 0.717) is 13.1 Å². The Morgan fingerprint density at radius 1 is 1.36 bits per heavy atom. The molecule has 0 heterocycles.